The van der Waals surface area contributed by atoms with Gasteiger partial charge in [0.1, 0.15) is 0 Å². The highest BCUT2D eigenvalue weighted by atomic mass is 16.5. The SMILES string of the molecule is CCCCCC1CCC(C2CCC(C3CCC(OCC)CC3)CC2)CC1. The Morgan fingerprint density at radius 2 is 1.04 bits per heavy atom. The molecule has 3 aliphatic carbocycles. The molecule has 152 valence electrons. The molecule has 0 N–H and O–H groups in total. The molecule has 3 rings (SSSR count). The lowest BCUT2D eigenvalue weighted by atomic mass is 9.65. The molecule has 0 atom stereocenters. The van der Waals surface area contributed by atoms with Gasteiger partial charge in [-0.05, 0) is 101 Å². The molecule has 3 aliphatic rings. The Morgan fingerprint density at radius 3 is 1.50 bits per heavy atom. The van der Waals surface area contributed by atoms with Crippen molar-refractivity contribution in [2.24, 2.45) is 29.6 Å². The fourth-order valence-electron chi connectivity index (χ4n) is 6.68. The number of hydrogen-bond donors (Lipinski definition) is 0. The molecule has 0 spiro atoms. The van der Waals surface area contributed by atoms with Crippen LogP contribution in [-0.4, -0.2) is 12.7 Å². The molecule has 0 radical (unpaired) electrons. The van der Waals surface area contributed by atoms with E-state index in [4.69, 9.17) is 4.74 Å². The third-order valence-corrected chi connectivity index (χ3v) is 8.38. The molecule has 0 aromatic carbocycles. The minimum atomic E-state index is 0.583. The molecule has 26 heavy (non-hydrogen) atoms. The third-order valence-electron chi connectivity index (χ3n) is 8.38. The molecule has 0 aliphatic heterocycles. The zero-order valence-electron chi connectivity index (χ0n) is 17.9. The van der Waals surface area contributed by atoms with Crippen molar-refractivity contribution in [3.63, 3.8) is 0 Å². The van der Waals surface area contributed by atoms with Crippen molar-refractivity contribution in [3.05, 3.63) is 0 Å². The predicted molar refractivity (Wildman–Crippen MR) is 112 cm³/mol. The molecular weight excluding hydrogens is 316 g/mol. The van der Waals surface area contributed by atoms with Crippen molar-refractivity contribution in [1.82, 2.24) is 0 Å². The Hall–Kier alpha value is -0.0400. The summed E-state index contributed by atoms with van der Waals surface area (Å²) in [5.41, 5.74) is 0. The number of unbranched alkanes of at least 4 members (excludes halogenated alkanes) is 2. The summed E-state index contributed by atoms with van der Waals surface area (Å²) in [6.07, 6.45) is 24.4. The number of ether oxygens (including phenoxy) is 1. The first-order valence-corrected chi connectivity index (χ1v) is 12.4. The van der Waals surface area contributed by atoms with Crippen molar-refractivity contribution in [2.75, 3.05) is 6.61 Å². The van der Waals surface area contributed by atoms with Crippen LogP contribution >= 0.6 is 0 Å². The number of hydrogen-bond acceptors (Lipinski definition) is 1. The summed E-state index contributed by atoms with van der Waals surface area (Å²) < 4.78 is 5.85. The van der Waals surface area contributed by atoms with Crippen LogP contribution in [-0.2, 0) is 4.74 Å². The Labute approximate surface area is 164 Å². The lowest BCUT2D eigenvalue weighted by Gasteiger charge is -2.41. The van der Waals surface area contributed by atoms with Crippen molar-refractivity contribution >= 4 is 0 Å². The van der Waals surface area contributed by atoms with E-state index in [0.717, 1.165) is 36.2 Å². The van der Waals surface area contributed by atoms with Crippen LogP contribution in [0.1, 0.15) is 117 Å². The average molecular weight is 363 g/mol. The van der Waals surface area contributed by atoms with Gasteiger partial charge in [-0.15, -0.1) is 0 Å². The van der Waals surface area contributed by atoms with Crippen molar-refractivity contribution in [2.45, 2.75) is 123 Å². The summed E-state index contributed by atoms with van der Waals surface area (Å²) in [6, 6.07) is 0. The van der Waals surface area contributed by atoms with Gasteiger partial charge < -0.3 is 4.74 Å². The van der Waals surface area contributed by atoms with Crippen LogP contribution in [0.25, 0.3) is 0 Å². The van der Waals surface area contributed by atoms with Gasteiger partial charge in [-0.3, -0.25) is 0 Å². The van der Waals surface area contributed by atoms with E-state index in [0.29, 0.717) is 6.10 Å². The lowest BCUT2D eigenvalue weighted by Crippen LogP contribution is -2.31. The first-order valence-electron chi connectivity index (χ1n) is 12.4. The lowest BCUT2D eigenvalue weighted by molar-refractivity contribution is 0.0116. The second-order valence-electron chi connectivity index (χ2n) is 9.94. The van der Waals surface area contributed by atoms with E-state index in [-0.39, 0.29) is 0 Å². The fourth-order valence-corrected chi connectivity index (χ4v) is 6.68. The van der Waals surface area contributed by atoms with E-state index in [1.807, 2.05) is 0 Å². The standard InChI is InChI=1S/C25H46O/c1-3-5-6-7-20-8-10-21(11-9-20)22-12-14-23(15-13-22)24-16-18-25(19-17-24)26-4-2/h20-25H,3-19H2,1-2H3. The first-order chi connectivity index (χ1) is 12.8. The fraction of sp³-hybridized carbons (Fsp3) is 1.00. The number of rotatable bonds is 8. The Bertz CT molecular complexity index is 354. The maximum atomic E-state index is 5.85. The minimum absolute atomic E-state index is 0.583. The van der Waals surface area contributed by atoms with E-state index in [1.165, 1.54) is 51.4 Å². The summed E-state index contributed by atoms with van der Waals surface area (Å²) in [5, 5.41) is 0. The van der Waals surface area contributed by atoms with Crippen LogP contribution in [0.15, 0.2) is 0 Å². The van der Waals surface area contributed by atoms with Crippen LogP contribution in [0.5, 0.6) is 0 Å². The molecule has 0 bridgehead atoms. The van der Waals surface area contributed by atoms with Crippen LogP contribution in [0.4, 0.5) is 0 Å². The molecule has 1 heteroatoms. The molecule has 3 fully saturated rings. The molecule has 0 unspecified atom stereocenters. The van der Waals surface area contributed by atoms with Crippen LogP contribution in [0.3, 0.4) is 0 Å². The Balaban J connectivity index is 1.32. The summed E-state index contributed by atoms with van der Waals surface area (Å²) in [6.45, 7) is 5.38. The van der Waals surface area contributed by atoms with Gasteiger partial charge in [0.15, 0.2) is 0 Å². The summed E-state index contributed by atoms with van der Waals surface area (Å²) in [5.74, 6) is 5.34. The summed E-state index contributed by atoms with van der Waals surface area (Å²) in [4.78, 5) is 0. The zero-order valence-corrected chi connectivity index (χ0v) is 17.9. The smallest absolute Gasteiger partial charge is 0.0575 e. The van der Waals surface area contributed by atoms with Gasteiger partial charge in [-0.2, -0.15) is 0 Å². The van der Waals surface area contributed by atoms with Crippen LogP contribution in [0.2, 0.25) is 0 Å². The Morgan fingerprint density at radius 1 is 0.577 bits per heavy atom. The maximum absolute atomic E-state index is 5.85. The van der Waals surface area contributed by atoms with Gasteiger partial charge in [0, 0.05) is 6.61 Å². The van der Waals surface area contributed by atoms with E-state index < -0.39 is 0 Å². The monoisotopic (exact) mass is 362 g/mol. The zero-order chi connectivity index (χ0) is 18.2. The van der Waals surface area contributed by atoms with E-state index >= 15 is 0 Å². The quantitative estimate of drug-likeness (QED) is 0.401. The molecule has 0 amide bonds. The molecular formula is C25H46O. The molecule has 0 saturated heterocycles. The van der Waals surface area contributed by atoms with Gasteiger partial charge in [-0.1, -0.05) is 45.4 Å². The highest BCUT2D eigenvalue weighted by Crippen LogP contribution is 2.45. The van der Waals surface area contributed by atoms with Crippen LogP contribution in [0, 0.1) is 29.6 Å². The van der Waals surface area contributed by atoms with Gasteiger partial charge in [-0.25, -0.2) is 0 Å². The predicted octanol–water partition coefficient (Wildman–Crippen LogP) is 7.77. The van der Waals surface area contributed by atoms with E-state index in [9.17, 15) is 0 Å². The average Bonchev–Trinajstić information content (AvgIpc) is 2.70. The van der Waals surface area contributed by atoms with Crippen molar-refractivity contribution in [3.8, 4) is 0 Å². The second kappa shape index (κ2) is 11.1. The second-order valence-corrected chi connectivity index (χ2v) is 9.94. The Kier molecular flexibility index (Phi) is 8.82. The van der Waals surface area contributed by atoms with Gasteiger partial charge in [0.2, 0.25) is 0 Å². The van der Waals surface area contributed by atoms with Crippen molar-refractivity contribution in [1.29, 1.82) is 0 Å². The molecule has 0 aromatic heterocycles. The van der Waals surface area contributed by atoms with Crippen molar-refractivity contribution < 1.29 is 4.74 Å². The normalized spacial score (nSPS) is 39.0. The van der Waals surface area contributed by atoms with E-state index in [2.05, 4.69) is 13.8 Å². The van der Waals surface area contributed by atoms with Gasteiger partial charge >= 0.3 is 0 Å². The maximum Gasteiger partial charge on any atom is 0.0575 e. The first kappa shape index (κ1) is 20.7. The van der Waals surface area contributed by atoms with E-state index in [1.54, 1.807) is 51.4 Å². The van der Waals surface area contributed by atoms with Gasteiger partial charge in [0.05, 0.1) is 6.10 Å². The molecule has 0 heterocycles. The highest BCUT2D eigenvalue weighted by molar-refractivity contribution is 4.86. The highest BCUT2D eigenvalue weighted by Gasteiger charge is 2.34. The summed E-state index contributed by atoms with van der Waals surface area (Å²) in [7, 11) is 0. The van der Waals surface area contributed by atoms with Gasteiger partial charge in [0.25, 0.3) is 0 Å². The van der Waals surface area contributed by atoms with Crippen LogP contribution < -0.4 is 0 Å². The molecule has 1 nitrogen and oxygen atoms in total. The largest absolute Gasteiger partial charge is 0.379 e. The minimum Gasteiger partial charge on any atom is -0.379 e. The third kappa shape index (κ3) is 5.98. The summed E-state index contributed by atoms with van der Waals surface area (Å²) >= 11 is 0. The molecule has 3 saturated carbocycles. The molecule has 0 aromatic rings. The topological polar surface area (TPSA) is 9.23 Å².